The van der Waals surface area contributed by atoms with Gasteiger partial charge < -0.3 is 10.2 Å². The standard InChI is InChI=1S/C13H17BrN2O.ClH/c1-9-5-10(7-11(14)6-9)13(17)16-4-3-12(8-16)15-2;/h5-7,12,15H,3-4,8H2,1-2H3;1H. The lowest BCUT2D eigenvalue weighted by Crippen LogP contribution is -2.33. The van der Waals surface area contributed by atoms with Gasteiger partial charge in [0.1, 0.15) is 0 Å². The number of hydrogen-bond acceptors (Lipinski definition) is 2. The second-order valence-electron chi connectivity index (χ2n) is 4.54. The number of amides is 1. The number of likely N-dealkylation sites (tertiary alicyclic amines) is 1. The van der Waals surface area contributed by atoms with Gasteiger partial charge in [0.15, 0.2) is 0 Å². The lowest BCUT2D eigenvalue weighted by Gasteiger charge is -2.17. The molecule has 2 rings (SSSR count). The maximum absolute atomic E-state index is 12.3. The van der Waals surface area contributed by atoms with Crippen molar-refractivity contribution in [1.82, 2.24) is 10.2 Å². The summed E-state index contributed by atoms with van der Waals surface area (Å²) < 4.78 is 0.963. The van der Waals surface area contributed by atoms with Crippen LogP contribution in [0, 0.1) is 6.92 Å². The summed E-state index contributed by atoms with van der Waals surface area (Å²) in [6.07, 6.45) is 1.04. The topological polar surface area (TPSA) is 32.3 Å². The summed E-state index contributed by atoms with van der Waals surface area (Å²) in [5, 5.41) is 3.22. The van der Waals surface area contributed by atoms with E-state index < -0.39 is 0 Å². The predicted molar refractivity (Wildman–Crippen MR) is 79.5 cm³/mol. The molecule has 0 aromatic heterocycles. The molecule has 1 fully saturated rings. The maximum Gasteiger partial charge on any atom is 0.253 e. The number of carbonyl (C=O) groups excluding carboxylic acids is 1. The molecule has 1 saturated heterocycles. The molecule has 1 aliphatic rings. The van der Waals surface area contributed by atoms with E-state index in [1.165, 1.54) is 0 Å². The van der Waals surface area contributed by atoms with Crippen LogP contribution in [-0.2, 0) is 0 Å². The minimum atomic E-state index is 0. The van der Waals surface area contributed by atoms with Gasteiger partial charge >= 0.3 is 0 Å². The van der Waals surface area contributed by atoms with Gasteiger partial charge in [0.25, 0.3) is 5.91 Å². The Morgan fingerprint density at radius 1 is 1.44 bits per heavy atom. The normalized spacial score (nSPS) is 18.6. The molecule has 1 unspecified atom stereocenters. The fourth-order valence-corrected chi connectivity index (χ4v) is 2.83. The molecule has 0 radical (unpaired) electrons. The summed E-state index contributed by atoms with van der Waals surface area (Å²) in [4.78, 5) is 14.2. The van der Waals surface area contributed by atoms with Crippen molar-refractivity contribution in [2.24, 2.45) is 0 Å². The summed E-state index contributed by atoms with van der Waals surface area (Å²) in [5.74, 6) is 0.132. The molecule has 0 bridgehead atoms. The number of hydrogen-bond donors (Lipinski definition) is 1. The zero-order valence-electron chi connectivity index (χ0n) is 10.6. The molecular formula is C13H18BrClN2O. The molecule has 0 aliphatic carbocycles. The van der Waals surface area contributed by atoms with E-state index >= 15 is 0 Å². The van der Waals surface area contributed by atoms with Crippen molar-refractivity contribution in [2.75, 3.05) is 20.1 Å². The summed E-state index contributed by atoms with van der Waals surface area (Å²) in [5.41, 5.74) is 1.88. The number of nitrogens with zero attached hydrogens (tertiary/aromatic N) is 1. The fraction of sp³-hybridized carbons (Fsp3) is 0.462. The van der Waals surface area contributed by atoms with Crippen molar-refractivity contribution >= 4 is 34.2 Å². The molecule has 100 valence electrons. The molecule has 1 heterocycles. The second kappa shape index (κ2) is 6.55. The van der Waals surface area contributed by atoms with Crippen LogP contribution in [0.25, 0.3) is 0 Å². The average Bonchev–Trinajstić information content (AvgIpc) is 2.75. The molecule has 3 nitrogen and oxygen atoms in total. The summed E-state index contributed by atoms with van der Waals surface area (Å²) in [7, 11) is 1.95. The first-order valence-electron chi connectivity index (χ1n) is 5.84. The largest absolute Gasteiger partial charge is 0.337 e. The van der Waals surface area contributed by atoms with Crippen LogP contribution in [0.2, 0.25) is 0 Å². The van der Waals surface area contributed by atoms with Gasteiger partial charge in [-0.2, -0.15) is 0 Å². The van der Waals surface area contributed by atoms with Crippen molar-refractivity contribution in [3.8, 4) is 0 Å². The van der Waals surface area contributed by atoms with Gasteiger partial charge in [-0.3, -0.25) is 4.79 Å². The quantitative estimate of drug-likeness (QED) is 0.902. The molecule has 0 spiro atoms. The number of halogens is 2. The lowest BCUT2D eigenvalue weighted by molar-refractivity contribution is 0.0789. The highest BCUT2D eigenvalue weighted by atomic mass is 79.9. The molecule has 1 atom stereocenters. The molecule has 0 saturated carbocycles. The molecule has 1 N–H and O–H groups in total. The second-order valence-corrected chi connectivity index (χ2v) is 5.46. The Bertz CT molecular complexity index is 419. The van der Waals surface area contributed by atoms with Gasteiger partial charge in [0.2, 0.25) is 0 Å². The third kappa shape index (κ3) is 3.46. The van der Waals surface area contributed by atoms with E-state index in [2.05, 4.69) is 21.2 Å². The third-order valence-corrected chi connectivity index (χ3v) is 3.63. The van der Waals surface area contributed by atoms with Crippen molar-refractivity contribution < 1.29 is 4.79 Å². The van der Waals surface area contributed by atoms with E-state index in [4.69, 9.17) is 0 Å². The van der Waals surface area contributed by atoms with Gasteiger partial charge in [0, 0.05) is 29.2 Å². The van der Waals surface area contributed by atoms with Crippen LogP contribution in [0.5, 0.6) is 0 Å². The molecule has 1 amide bonds. The highest BCUT2D eigenvalue weighted by Crippen LogP contribution is 2.19. The van der Waals surface area contributed by atoms with Crippen LogP contribution in [0.15, 0.2) is 22.7 Å². The zero-order chi connectivity index (χ0) is 12.4. The number of aryl methyl sites for hydroxylation is 1. The van der Waals surface area contributed by atoms with E-state index in [0.29, 0.717) is 6.04 Å². The van der Waals surface area contributed by atoms with Crippen LogP contribution < -0.4 is 5.32 Å². The highest BCUT2D eigenvalue weighted by molar-refractivity contribution is 9.10. The molecule has 1 aromatic rings. The molecule has 5 heteroatoms. The van der Waals surface area contributed by atoms with Gasteiger partial charge in [-0.15, -0.1) is 12.4 Å². The van der Waals surface area contributed by atoms with E-state index in [0.717, 1.165) is 35.1 Å². The highest BCUT2D eigenvalue weighted by Gasteiger charge is 2.25. The summed E-state index contributed by atoms with van der Waals surface area (Å²) in [6.45, 7) is 3.65. The Balaban J connectivity index is 0.00000162. The number of nitrogens with one attached hydrogen (secondary N) is 1. The number of carbonyl (C=O) groups is 1. The number of benzene rings is 1. The lowest BCUT2D eigenvalue weighted by atomic mass is 10.1. The van der Waals surface area contributed by atoms with Gasteiger partial charge in [0.05, 0.1) is 0 Å². The fourth-order valence-electron chi connectivity index (χ4n) is 2.22. The van der Waals surface area contributed by atoms with Crippen LogP contribution >= 0.6 is 28.3 Å². The minimum absolute atomic E-state index is 0. The first-order valence-corrected chi connectivity index (χ1v) is 6.63. The van der Waals surface area contributed by atoms with Crippen molar-refractivity contribution in [1.29, 1.82) is 0 Å². The minimum Gasteiger partial charge on any atom is -0.337 e. The van der Waals surface area contributed by atoms with E-state index in [1.54, 1.807) is 0 Å². The van der Waals surface area contributed by atoms with E-state index in [1.807, 2.05) is 37.1 Å². The first-order chi connectivity index (χ1) is 8.10. The molecular weight excluding hydrogens is 316 g/mol. The van der Waals surface area contributed by atoms with E-state index in [9.17, 15) is 4.79 Å². The third-order valence-electron chi connectivity index (χ3n) is 3.17. The van der Waals surface area contributed by atoms with Crippen molar-refractivity contribution in [2.45, 2.75) is 19.4 Å². The predicted octanol–water partition coefficient (Wildman–Crippen LogP) is 2.61. The summed E-state index contributed by atoms with van der Waals surface area (Å²) >= 11 is 3.43. The van der Waals surface area contributed by atoms with Crippen molar-refractivity contribution in [3.63, 3.8) is 0 Å². The van der Waals surface area contributed by atoms with E-state index in [-0.39, 0.29) is 18.3 Å². The van der Waals surface area contributed by atoms with Gasteiger partial charge in [-0.1, -0.05) is 15.9 Å². The van der Waals surface area contributed by atoms with Crippen LogP contribution in [0.3, 0.4) is 0 Å². The Morgan fingerprint density at radius 2 is 2.17 bits per heavy atom. The van der Waals surface area contributed by atoms with Gasteiger partial charge in [-0.05, 0) is 44.2 Å². The van der Waals surface area contributed by atoms with Crippen LogP contribution in [-0.4, -0.2) is 37.0 Å². The number of likely N-dealkylation sites (N-methyl/N-ethyl adjacent to an activating group) is 1. The monoisotopic (exact) mass is 332 g/mol. The summed E-state index contributed by atoms with van der Waals surface area (Å²) in [6, 6.07) is 6.28. The Kier molecular flexibility index (Phi) is 5.63. The van der Waals surface area contributed by atoms with Crippen molar-refractivity contribution in [3.05, 3.63) is 33.8 Å². The Hall–Kier alpha value is -0.580. The van der Waals surface area contributed by atoms with Crippen LogP contribution in [0.4, 0.5) is 0 Å². The smallest absolute Gasteiger partial charge is 0.253 e. The zero-order valence-corrected chi connectivity index (χ0v) is 13.0. The number of rotatable bonds is 2. The Morgan fingerprint density at radius 3 is 2.72 bits per heavy atom. The molecule has 18 heavy (non-hydrogen) atoms. The SMILES string of the molecule is CNC1CCN(C(=O)c2cc(C)cc(Br)c2)C1.Cl. The molecule has 1 aliphatic heterocycles. The maximum atomic E-state index is 12.3. The first kappa shape index (κ1) is 15.5. The Labute approximate surface area is 122 Å². The average molecular weight is 334 g/mol. The van der Waals surface area contributed by atoms with Gasteiger partial charge in [-0.25, -0.2) is 0 Å². The van der Waals surface area contributed by atoms with Crippen LogP contribution in [0.1, 0.15) is 22.3 Å². The molecule has 1 aromatic carbocycles.